The van der Waals surface area contributed by atoms with E-state index in [0.717, 1.165) is 24.5 Å². The van der Waals surface area contributed by atoms with E-state index in [0.29, 0.717) is 5.92 Å². The van der Waals surface area contributed by atoms with Crippen LogP contribution in [0.2, 0.25) is 0 Å². The molecule has 0 saturated carbocycles. The van der Waals surface area contributed by atoms with Crippen LogP contribution in [0.1, 0.15) is 47.0 Å². The highest BCUT2D eigenvalue weighted by Gasteiger charge is 2.15. The third kappa shape index (κ3) is 4.53. The van der Waals surface area contributed by atoms with Gasteiger partial charge >= 0.3 is 0 Å². The average Bonchev–Trinajstić information content (AvgIpc) is 2.00. The fourth-order valence-electron chi connectivity index (χ4n) is 1.75. The Kier molecular flexibility index (Phi) is 6.04. The van der Waals surface area contributed by atoms with E-state index in [1.165, 1.54) is 12.8 Å². The van der Waals surface area contributed by atoms with Crippen molar-refractivity contribution in [1.82, 2.24) is 0 Å². The third-order valence-corrected chi connectivity index (χ3v) is 2.57. The van der Waals surface area contributed by atoms with Crippen molar-refractivity contribution in [3.05, 3.63) is 0 Å². The van der Waals surface area contributed by atoms with Gasteiger partial charge in [0.1, 0.15) is 6.29 Å². The molecule has 0 saturated heterocycles. The van der Waals surface area contributed by atoms with E-state index in [4.69, 9.17) is 0 Å². The zero-order chi connectivity index (χ0) is 9.56. The van der Waals surface area contributed by atoms with Crippen LogP contribution in [0.25, 0.3) is 0 Å². The van der Waals surface area contributed by atoms with E-state index in [1.54, 1.807) is 0 Å². The van der Waals surface area contributed by atoms with Gasteiger partial charge in [0, 0.05) is 6.42 Å². The first kappa shape index (κ1) is 11.7. The molecular weight excluding hydrogens is 148 g/mol. The molecule has 0 aliphatic heterocycles. The maximum Gasteiger partial charge on any atom is 0.120 e. The van der Waals surface area contributed by atoms with E-state index in [-0.39, 0.29) is 0 Å². The van der Waals surface area contributed by atoms with E-state index in [2.05, 4.69) is 27.7 Å². The van der Waals surface area contributed by atoms with Crippen LogP contribution in [0.4, 0.5) is 0 Å². The molecule has 0 radical (unpaired) electrons. The van der Waals surface area contributed by atoms with Gasteiger partial charge in [-0.05, 0) is 24.2 Å². The van der Waals surface area contributed by atoms with Crippen LogP contribution in [0.5, 0.6) is 0 Å². The standard InChI is InChI=1S/C11H22O/c1-5-11(8-9(2)3)10(4)6-7-12/h7,9-11H,5-6,8H2,1-4H3. The highest BCUT2D eigenvalue weighted by atomic mass is 16.1. The molecule has 0 bridgehead atoms. The lowest BCUT2D eigenvalue weighted by Crippen LogP contribution is -2.13. The summed E-state index contributed by atoms with van der Waals surface area (Å²) in [6, 6.07) is 0. The number of hydrogen-bond donors (Lipinski definition) is 0. The molecule has 0 aromatic heterocycles. The molecule has 0 aromatic carbocycles. The summed E-state index contributed by atoms with van der Waals surface area (Å²) in [6.07, 6.45) is 4.23. The molecule has 0 N–H and O–H groups in total. The molecule has 0 aliphatic carbocycles. The minimum atomic E-state index is 0.565. The van der Waals surface area contributed by atoms with Crippen molar-refractivity contribution < 1.29 is 4.79 Å². The van der Waals surface area contributed by atoms with Gasteiger partial charge in [0.25, 0.3) is 0 Å². The zero-order valence-corrected chi connectivity index (χ0v) is 8.84. The van der Waals surface area contributed by atoms with E-state index in [9.17, 15) is 4.79 Å². The monoisotopic (exact) mass is 170 g/mol. The second-order valence-electron chi connectivity index (χ2n) is 4.18. The lowest BCUT2D eigenvalue weighted by atomic mass is 9.83. The molecule has 0 fully saturated rings. The molecule has 1 heteroatoms. The van der Waals surface area contributed by atoms with Gasteiger partial charge in [0.2, 0.25) is 0 Å². The van der Waals surface area contributed by atoms with Crippen molar-refractivity contribution in [2.75, 3.05) is 0 Å². The summed E-state index contributed by atoms with van der Waals surface area (Å²) < 4.78 is 0. The van der Waals surface area contributed by atoms with E-state index in [1.807, 2.05) is 0 Å². The fourth-order valence-corrected chi connectivity index (χ4v) is 1.75. The predicted octanol–water partition coefficient (Wildman–Crippen LogP) is 3.28. The van der Waals surface area contributed by atoms with Crippen LogP contribution >= 0.6 is 0 Å². The molecule has 0 heterocycles. The van der Waals surface area contributed by atoms with Crippen molar-refractivity contribution in [3.8, 4) is 0 Å². The Balaban J connectivity index is 3.86. The Bertz CT molecular complexity index is 118. The smallest absolute Gasteiger partial charge is 0.120 e. The summed E-state index contributed by atoms with van der Waals surface area (Å²) >= 11 is 0. The van der Waals surface area contributed by atoms with Gasteiger partial charge in [-0.15, -0.1) is 0 Å². The number of hydrogen-bond acceptors (Lipinski definition) is 1. The second kappa shape index (κ2) is 6.22. The van der Waals surface area contributed by atoms with Crippen LogP contribution in [-0.2, 0) is 4.79 Å². The molecule has 12 heavy (non-hydrogen) atoms. The highest BCUT2D eigenvalue weighted by molar-refractivity contribution is 5.49. The lowest BCUT2D eigenvalue weighted by Gasteiger charge is -2.22. The molecular formula is C11H22O. The van der Waals surface area contributed by atoms with Gasteiger partial charge in [-0.1, -0.05) is 34.1 Å². The third-order valence-electron chi connectivity index (χ3n) is 2.57. The van der Waals surface area contributed by atoms with Crippen molar-refractivity contribution in [1.29, 1.82) is 0 Å². The first-order valence-corrected chi connectivity index (χ1v) is 5.05. The molecule has 72 valence electrons. The average molecular weight is 170 g/mol. The molecule has 2 unspecified atom stereocenters. The zero-order valence-electron chi connectivity index (χ0n) is 8.84. The quantitative estimate of drug-likeness (QED) is 0.559. The number of carbonyl (C=O) groups excluding carboxylic acids is 1. The van der Waals surface area contributed by atoms with Crippen molar-refractivity contribution in [2.24, 2.45) is 17.8 Å². The summed E-state index contributed by atoms with van der Waals surface area (Å²) in [4.78, 5) is 10.3. The van der Waals surface area contributed by atoms with E-state index >= 15 is 0 Å². The van der Waals surface area contributed by atoms with Crippen LogP contribution in [0.15, 0.2) is 0 Å². The highest BCUT2D eigenvalue weighted by Crippen LogP contribution is 2.25. The fraction of sp³-hybridized carbons (Fsp3) is 0.909. The largest absolute Gasteiger partial charge is 0.303 e. The van der Waals surface area contributed by atoms with Crippen LogP contribution in [0.3, 0.4) is 0 Å². The van der Waals surface area contributed by atoms with Gasteiger partial charge in [-0.3, -0.25) is 0 Å². The molecule has 0 aliphatic rings. The van der Waals surface area contributed by atoms with Gasteiger partial charge in [-0.2, -0.15) is 0 Å². The van der Waals surface area contributed by atoms with Crippen LogP contribution < -0.4 is 0 Å². The van der Waals surface area contributed by atoms with Gasteiger partial charge in [0.15, 0.2) is 0 Å². The summed E-state index contributed by atoms with van der Waals surface area (Å²) in [7, 11) is 0. The predicted molar refractivity (Wildman–Crippen MR) is 53.1 cm³/mol. The number of rotatable bonds is 6. The Labute approximate surface area is 76.6 Å². The minimum absolute atomic E-state index is 0.565. The Morgan fingerprint density at radius 3 is 2.17 bits per heavy atom. The van der Waals surface area contributed by atoms with Gasteiger partial charge in [-0.25, -0.2) is 0 Å². The summed E-state index contributed by atoms with van der Waals surface area (Å²) in [5, 5.41) is 0. The second-order valence-corrected chi connectivity index (χ2v) is 4.18. The molecule has 0 aromatic rings. The first-order chi connectivity index (χ1) is 5.61. The molecule has 2 atom stereocenters. The summed E-state index contributed by atoms with van der Waals surface area (Å²) in [5.74, 6) is 2.05. The van der Waals surface area contributed by atoms with Gasteiger partial charge < -0.3 is 4.79 Å². The van der Waals surface area contributed by atoms with Gasteiger partial charge in [0.05, 0.1) is 0 Å². The van der Waals surface area contributed by atoms with Crippen molar-refractivity contribution in [3.63, 3.8) is 0 Å². The Hall–Kier alpha value is -0.330. The van der Waals surface area contributed by atoms with E-state index < -0.39 is 0 Å². The minimum Gasteiger partial charge on any atom is -0.303 e. The molecule has 0 amide bonds. The first-order valence-electron chi connectivity index (χ1n) is 5.05. The number of carbonyl (C=O) groups is 1. The van der Waals surface area contributed by atoms with Crippen LogP contribution in [-0.4, -0.2) is 6.29 Å². The normalized spacial score (nSPS) is 16.1. The number of aldehydes is 1. The van der Waals surface area contributed by atoms with Crippen molar-refractivity contribution >= 4 is 6.29 Å². The van der Waals surface area contributed by atoms with Crippen molar-refractivity contribution in [2.45, 2.75) is 47.0 Å². The molecule has 1 nitrogen and oxygen atoms in total. The maximum absolute atomic E-state index is 10.3. The maximum atomic E-state index is 10.3. The van der Waals surface area contributed by atoms with Crippen LogP contribution in [0, 0.1) is 17.8 Å². The molecule has 0 rings (SSSR count). The Morgan fingerprint density at radius 1 is 1.25 bits per heavy atom. The summed E-state index contributed by atoms with van der Waals surface area (Å²) in [5.41, 5.74) is 0. The molecule has 0 spiro atoms. The topological polar surface area (TPSA) is 17.1 Å². The SMILES string of the molecule is CCC(CC(C)C)C(C)CC=O. The summed E-state index contributed by atoms with van der Waals surface area (Å²) in [6.45, 7) is 8.89. The Morgan fingerprint density at radius 2 is 1.83 bits per heavy atom. The lowest BCUT2D eigenvalue weighted by molar-refractivity contribution is -0.108.